The van der Waals surface area contributed by atoms with Crippen LogP contribution in [0.5, 0.6) is 5.75 Å². The molecule has 0 atom stereocenters. The first-order chi connectivity index (χ1) is 10.5. The van der Waals surface area contributed by atoms with E-state index < -0.39 is 0 Å². The number of benzene rings is 2. The predicted molar refractivity (Wildman–Crippen MR) is 92.7 cm³/mol. The van der Waals surface area contributed by atoms with E-state index in [1.54, 1.807) is 12.1 Å². The second-order valence-electron chi connectivity index (χ2n) is 4.75. The van der Waals surface area contributed by atoms with Crippen LogP contribution in [0, 0.1) is 6.92 Å². The van der Waals surface area contributed by atoms with Gasteiger partial charge >= 0.3 is 0 Å². The molecule has 2 rings (SSSR count). The van der Waals surface area contributed by atoms with Gasteiger partial charge in [-0.15, -0.1) is 0 Å². The summed E-state index contributed by atoms with van der Waals surface area (Å²) < 4.78 is 6.05. The molecular formula is C16H14BrCl2NO2. The molecule has 0 aromatic heterocycles. The lowest BCUT2D eigenvalue weighted by Gasteiger charge is -2.11. The third-order valence-electron chi connectivity index (χ3n) is 2.92. The van der Waals surface area contributed by atoms with E-state index in [0.717, 1.165) is 5.56 Å². The minimum atomic E-state index is -0.224. The van der Waals surface area contributed by atoms with E-state index in [9.17, 15) is 4.79 Å². The molecule has 1 N–H and O–H groups in total. The highest BCUT2D eigenvalue weighted by molar-refractivity contribution is 9.10. The molecule has 0 aliphatic carbocycles. The number of ether oxygens (including phenoxy) is 1. The Hall–Kier alpha value is -1.23. The van der Waals surface area contributed by atoms with Crippen LogP contribution in [-0.2, 0) is 11.3 Å². The van der Waals surface area contributed by atoms with Crippen molar-refractivity contribution in [3.63, 3.8) is 0 Å². The molecule has 2 aromatic carbocycles. The normalized spacial score (nSPS) is 10.4. The van der Waals surface area contributed by atoms with Crippen LogP contribution in [0.25, 0.3) is 0 Å². The summed E-state index contributed by atoms with van der Waals surface area (Å²) in [7, 11) is 0. The highest BCUT2D eigenvalue weighted by Crippen LogP contribution is 2.35. The van der Waals surface area contributed by atoms with Crippen LogP contribution in [0.3, 0.4) is 0 Å². The predicted octanol–water partition coefficient (Wildman–Crippen LogP) is 4.76. The van der Waals surface area contributed by atoms with Crippen molar-refractivity contribution in [2.75, 3.05) is 6.61 Å². The first kappa shape index (κ1) is 17.1. The van der Waals surface area contributed by atoms with Crippen LogP contribution in [0.1, 0.15) is 11.1 Å². The molecule has 0 saturated heterocycles. The largest absolute Gasteiger partial charge is 0.481 e. The number of aryl methyl sites for hydroxylation is 1. The van der Waals surface area contributed by atoms with Crippen molar-refractivity contribution in [3.05, 3.63) is 62.0 Å². The van der Waals surface area contributed by atoms with Crippen molar-refractivity contribution < 1.29 is 9.53 Å². The number of carbonyl (C=O) groups excluding carboxylic acids is 1. The summed E-state index contributed by atoms with van der Waals surface area (Å²) in [5.41, 5.74) is 2.21. The van der Waals surface area contributed by atoms with E-state index in [-0.39, 0.29) is 12.5 Å². The smallest absolute Gasteiger partial charge is 0.258 e. The van der Waals surface area contributed by atoms with Crippen LogP contribution < -0.4 is 10.1 Å². The average molecular weight is 403 g/mol. The number of halogens is 3. The lowest BCUT2D eigenvalue weighted by molar-refractivity contribution is -0.123. The van der Waals surface area contributed by atoms with E-state index in [2.05, 4.69) is 21.2 Å². The lowest BCUT2D eigenvalue weighted by atomic mass is 10.1. The van der Waals surface area contributed by atoms with Crippen molar-refractivity contribution in [2.45, 2.75) is 13.5 Å². The maximum absolute atomic E-state index is 11.8. The first-order valence-corrected chi connectivity index (χ1v) is 8.10. The number of carbonyl (C=O) groups is 1. The Labute approximate surface area is 147 Å². The van der Waals surface area contributed by atoms with Crippen LogP contribution >= 0.6 is 39.1 Å². The number of nitrogens with one attached hydrogen (secondary N) is 1. The Morgan fingerprint density at radius 3 is 2.55 bits per heavy atom. The SMILES string of the molecule is Cc1ccc(CNC(=O)COc2c(Cl)cc(Cl)cc2Br)cc1. The number of amides is 1. The minimum Gasteiger partial charge on any atom is -0.481 e. The molecule has 0 spiro atoms. The Morgan fingerprint density at radius 2 is 1.91 bits per heavy atom. The summed E-state index contributed by atoms with van der Waals surface area (Å²) >= 11 is 15.2. The summed E-state index contributed by atoms with van der Waals surface area (Å²) in [6.45, 7) is 2.35. The highest BCUT2D eigenvalue weighted by atomic mass is 79.9. The van der Waals surface area contributed by atoms with Gasteiger partial charge in [-0.3, -0.25) is 4.79 Å². The van der Waals surface area contributed by atoms with Crippen molar-refractivity contribution in [2.24, 2.45) is 0 Å². The number of rotatable bonds is 5. The fourth-order valence-electron chi connectivity index (χ4n) is 1.76. The van der Waals surface area contributed by atoms with Crippen LogP contribution in [-0.4, -0.2) is 12.5 Å². The third-order valence-corrected chi connectivity index (χ3v) is 4.01. The maximum atomic E-state index is 11.8. The molecule has 0 radical (unpaired) electrons. The molecule has 0 aliphatic heterocycles. The molecule has 0 unspecified atom stereocenters. The Balaban J connectivity index is 1.87. The summed E-state index contributed by atoms with van der Waals surface area (Å²) in [6, 6.07) is 11.2. The second-order valence-corrected chi connectivity index (χ2v) is 6.45. The molecule has 0 saturated carbocycles. The molecule has 0 heterocycles. The Morgan fingerprint density at radius 1 is 1.23 bits per heavy atom. The van der Waals surface area contributed by atoms with Crippen LogP contribution in [0.2, 0.25) is 10.0 Å². The van der Waals surface area contributed by atoms with E-state index in [0.29, 0.717) is 26.8 Å². The minimum absolute atomic E-state index is 0.119. The molecule has 0 fully saturated rings. The lowest BCUT2D eigenvalue weighted by Crippen LogP contribution is -2.28. The van der Waals surface area contributed by atoms with Gasteiger partial charge in [0.05, 0.1) is 9.50 Å². The molecular weight excluding hydrogens is 389 g/mol. The van der Waals surface area contributed by atoms with Gasteiger partial charge in [0.15, 0.2) is 12.4 Å². The van der Waals surface area contributed by atoms with Gasteiger partial charge in [-0.25, -0.2) is 0 Å². The van der Waals surface area contributed by atoms with Gasteiger partial charge in [-0.1, -0.05) is 53.0 Å². The molecule has 116 valence electrons. The fraction of sp³-hybridized carbons (Fsp3) is 0.188. The number of hydrogen-bond donors (Lipinski definition) is 1. The van der Waals surface area contributed by atoms with Crippen LogP contribution in [0.15, 0.2) is 40.9 Å². The van der Waals surface area contributed by atoms with Gasteiger partial charge in [-0.05, 0) is 40.5 Å². The fourth-order valence-corrected chi connectivity index (χ4v) is 3.13. The molecule has 3 nitrogen and oxygen atoms in total. The standard InChI is InChI=1S/C16H14BrCl2NO2/c1-10-2-4-11(5-3-10)8-20-15(21)9-22-16-13(17)6-12(18)7-14(16)19/h2-7H,8-9H2,1H3,(H,20,21). The molecule has 0 bridgehead atoms. The second kappa shape index (κ2) is 7.86. The summed E-state index contributed by atoms with van der Waals surface area (Å²) in [5, 5.41) is 3.64. The monoisotopic (exact) mass is 401 g/mol. The Kier molecular flexibility index (Phi) is 6.12. The van der Waals surface area contributed by atoms with Gasteiger partial charge in [0, 0.05) is 11.6 Å². The zero-order chi connectivity index (χ0) is 16.1. The zero-order valence-corrected chi connectivity index (χ0v) is 14.9. The quantitative estimate of drug-likeness (QED) is 0.782. The zero-order valence-electron chi connectivity index (χ0n) is 11.8. The highest BCUT2D eigenvalue weighted by Gasteiger charge is 2.11. The molecule has 2 aromatic rings. The molecule has 0 aliphatic rings. The first-order valence-electron chi connectivity index (χ1n) is 6.55. The van der Waals surface area contributed by atoms with Crippen molar-refractivity contribution in [1.82, 2.24) is 5.32 Å². The maximum Gasteiger partial charge on any atom is 0.258 e. The van der Waals surface area contributed by atoms with Crippen molar-refractivity contribution in [1.29, 1.82) is 0 Å². The summed E-state index contributed by atoms with van der Waals surface area (Å²) in [6.07, 6.45) is 0. The van der Waals surface area contributed by atoms with Crippen LogP contribution in [0.4, 0.5) is 0 Å². The summed E-state index contributed by atoms with van der Waals surface area (Å²) in [4.78, 5) is 11.8. The van der Waals surface area contributed by atoms with Gasteiger partial charge < -0.3 is 10.1 Å². The van der Waals surface area contributed by atoms with E-state index in [1.807, 2.05) is 31.2 Å². The van der Waals surface area contributed by atoms with Gasteiger partial charge in [0.2, 0.25) is 0 Å². The van der Waals surface area contributed by atoms with Gasteiger partial charge in [-0.2, -0.15) is 0 Å². The van der Waals surface area contributed by atoms with Gasteiger partial charge in [0.1, 0.15) is 0 Å². The van der Waals surface area contributed by atoms with Gasteiger partial charge in [0.25, 0.3) is 5.91 Å². The molecule has 22 heavy (non-hydrogen) atoms. The van der Waals surface area contributed by atoms with E-state index in [1.165, 1.54) is 5.56 Å². The third kappa shape index (κ3) is 4.90. The van der Waals surface area contributed by atoms with E-state index in [4.69, 9.17) is 27.9 Å². The average Bonchev–Trinajstić information content (AvgIpc) is 2.45. The topological polar surface area (TPSA) is 38.3 Å². The summed E-state index contributed by atoms with van der Waals surface area (Å²) in [5.74, 6) is 0.176. The van der Waals surface area contributed by atoms with Crippen molar-refractivity contribution >= 4 is 45.0 Å². The molecule has 1 amide bonds. The van der Waals surface area contributed by atoms with Crippen molar-refractivity contribution in [3.8, 4) is 5.75 Å². The molecule has 6 heteroatoms. The number of hydrogen-bond acceptors (Lipinski definition) is 2. The van der Waals surface area contributed by atoms with E-state index >= 15 is 0 Å². The Bertz CT molecular complexity index is 651.